The molecule has 0 bridgehead atoms. The number of nitrogens with zero attached hydrogens (tertiary/aromatic N) is 1. The standard InChI is InChI=1S/C20H20N2O4S2/c1-24-13-10-12(11-14(25-2)19(13)26-3)8-9-17(23)21-20-22-18-15(27-4)6-5-7-16(18)28-20/h5-11H,1-4H3,(H,21,22,23)/b9-8-. The number of amides is 1. The SMILES string of the molecule is COc1cc(/C=C\C(=O)Nc2nc3c(SC)cccc3s2)cc(OC)c1OC. The zero-order valence-corrected chi connectivity index (χ0v) is 17.6. The van der Waals surface area contributed by atoms with E-state index in [4.69, 9.17) is 14.2 Å². The summed E-state index contributed by atoms with van der Waals surface area (Å²) in [6.45, 7) is 0. The van der Waals surface area contributed by atoms with Crippen LogP contribution in [0.1, 0.15) is 5.56 Å². The van der Waals surface area contributed by atoms with Gasteiger partial charge in [-0.1, -0.05) is 17.4 Å². The number of anilines is 1. The molecule has 6 nitrogen and oxygen atoms in total. The van der Waals surface area contributed by atoms with Gasteiger partial charge in [-0.15, -0.1) is 11.8 Å². The minimum Gasteiger partial charge on any atom is -0.493 e. The van der Waals surface area contributed by atoms with Crippen LogP contribution in [0.15, 0.2) is 41.3 Å². The highest BCUT2D eigenvalue weighted by atomic mass is 32.2. The molecule has 1 aromatic heterocycles. The van der Waals surface area contributed by atoms with Gasteiger partial charge in [-0.2, -0.15) is 0 Å². The van der Waals surface area contributed by atoms with E-state index in [0.29, 0.717) is 22.4 Å². The lowest BCUT2D eigenvalue weighted by molar-refractivity contribution is -0.111. The number of hydrogen-bond donors (Lipinski definition) is 1. The van der Waals surface area contributed by atoms with E-state index in [1.165, 1.54) is 17.4 Å². The molecule has 0 radical (unpaired) electrons. The summed E-state index contributed by atoms with van der Waals surface area (Å²) in [6.07, 6.45) is 5.13. The minimum atomic E-state index is -0.265. The first kappa shape index (κ1) is 20.0. The third-order valence-electron chi connectivity index (χ3n) is 3.95. The number of para-hydroxylation sites is 1. The Morgan fingerprint density at radius 3 is 2.46 bits per heavy atom. The first-order valence-corrected chi connectivity index (χ1v) is 10.4. The molecule has 0 atom stereocenters. The first-order valence-electron chi connectivity index (χ1n) is 8.32. The van der Waals surface area contributed by atoms with Crippen molar-refractivity contribution in [2.45, 2.75) is 4.90 Å². The third kappa shape index (κ3) is 4.23. The summed E-state index contributed by atoms with van der Waals surface area (Å²) in [5, 5.41) is 3.38. The monoisotopic (exact) mass is 416 g/mol. The summed E-state index contributed by atoms with van der Waals surface area (Å²) in [4.78, 5) is 17.9. The fraction of sp³-hybridized carbons (Fsp3) is 0.200. The number of hydrogen-bond acceptors (Lipinski definition) is 7. The second kappa shape index (κ2) is 8.99. The second-order valence-electron chi connectivity index (χ2n) is 5.61. The van der Waals surface area contributed by atoms with E-state index in [2.05, 4.69) is 10.3 Å². The van der Waals surface area contributed by atoms with Crippen LogP contribution in [0, 0.1) is 0 Å². The van der Waals surface area contributed by atoms with Crippen LogP contribution in [0.3, 0.4) is 0 Å². The lowest BCUT2D eigenvalue weighted by atomic mass is 10.1. The van der Waals surface area contributed by atoms with Gasteiger partial charge in [-0.3, -0.25) is 10.1 Å². The predicted molar refractivity (Wildman–Crippen MR) is 115 cm³/mol. The molecule has 2 aromatic carbocycles. The fourth-order valence-corrected chi connectivity index (χ4v) is 4.18. The van der Waals surface area contributed by atoms with Crippen LogP contribution in [0.25, 0.3) is 16.3 Å². The molecule has 3 aromatic rings. The Bertz CT molecular complexity index is 1010. The number of rotatable bonds is 7. The molecule has 3 rings (SSSR count). The number of methoxy groups -OCH3 is 3. The minimum absolute atomic E-state index is 0.265. The highest BCUT2D eigenvalue weighted by molar-refractivity contribution is 7.98. The Morgan fingerprint density at radius 1 is 1.14 bits per heavy atom. The van der Waals surface area contributed by atoms with Crippen molar-refractivity contribution in [1.29, 1.82) is 0 Å². The normalized spacial score (nSPS) is 11.0. The summed E-state index contributed by atoms with van der Waals surface area (Å²) < 4.78 is 17.0. The average Bonchev–Trinajstić information content (AvgIpc) is 3.13. The third-order valence-corrected chi connectivity index (χ3v) is 5.65. The molecule has 1 heterocycles. The maximum absolute atomic E-state index is 12.3. The van der Waals surface area contributed by atoms with E-state index < -0.39 is 0 Å². The zero-order valence-electron chi connectivity index (χ0n) is 15.9. The largest absolute Gasteiger partial charge is 0.493 e. The molecule has 0 aliphatic rings. The molecule has 8 heteroatoms. The summed E-state index contributed by atoms with van der Waals surface area (Å²) in [7, 11) is 4.64. The van der Waals surface area contributed by atoms with Crippen LogP contribution in [-0.2, 0) is 4.79 Å². The first-order chi connectivity index (χ1) is 13.6. The second-order valence-corrected chi connectivity index (χ2v) is 7.49. The zero-order chi connectivity index (χ0) is 20.1. The Balaban J connectivity index is 1.79. The molecule has 0 fully saturated rings. The van der Waals surface area contributed by atoms with E-state index in [-0.39, 0.29) is 5.91 Å². The Kier molecular flexibility index (Phi) is 6.43. The Hall–Kier alpha value is -2.71. The van der Waals surface area contributed by atoms with Crippen molar-refractivity contribution in [2.75, 3.05) is 32.9 Å². The van der Waals surface area contributed by atoms with Gasteiger partial charge in [0.1, 0.15) is 0 Å². The molecule has 1 N–H and O–H groups in total. The van der Waals surface area contributed by atoms with Gasteiger partial charge in [0, 0.05) is 11.0 Å². The number of benzene rings is 2. The number of ether oxygens (including phenoxy) is 3. The lowest BCUT2D eigenvalue weighted by Crippen LogP contribution is -2.07. The highest BCUT2D eigenvalue weighted by Gasteiger charge is 2.13. The fourth-order valence-electron chi connectivity index (χ4n) is 2.66. The van der Waals surface area contributed by atoms with E-state index in [1.54, 1.807) is 51.3 Å². The molecule has 0 unspecified atom stereocenters. The van der Waals surface area contributed by atoms with Crippen LogP contribution in [0.2, 0.25) is 0 Å². The van der Waals surface area contributed by atoms with Crippen molar-refractivity contribution < 1.29 is 19.0 Å². The van der Waals surface area contributed by atoms with E-state index in [9.17, 15) is 4.79 Å². The molecular weight excluding hydrogens is 396 g/mol. The number of fused-ring (bicyclic) bond motifs is 1. The number of aromatic nitrogens is 1. The number of nitrogens with one attached hydrogen (secondary N) is 1. The van der Waals surface area contributed by atoms with Crippen LogP contribution in [-0.4, -0.2) is 38.5 Å². The van der Waals surface area contributed by atoms with Gasteiger partial charge in [0.2, 0.25) is 11.7 Å². The molecule has 146 valence electrons. The van der Waals surface area contributed by atoms with Gasteiger partial charge in [-0.25, -0.2) is 4.98 Å². The number of carbonyl (C=O) groups is 1. The van der Waals surface area contributed by atoms with E-state index >= 15 is 0 Å². The van der Waals surface area contributed by atoms with Crippen LogP contribution in [0.5, 0.6) is 17.2 Å². The van der Waals surface area contributed by atoms with Gasteiger partial charge in [0.05, 0.1) is 31.5 Å². The summed E-state index contributed by atoms with van der Waals surface area (Å²) in [5.74, 6) is 1.29. The Morgan fingerprint density at radius 2 is 1.86 bits per heavy atom. The predicted octanol–water partition coefficient (Wildman–Crippen LogP) is 4.70. The quantitative estimate of drug-likeness (QED) is 0.445. The van der Waals surface area contributed by atoms with E-state index in [0.717, 1.165) is 20.7 Å². The molecule has 0 saturated heterocycles. The van der Waals surface area contributed by atoms with Crippen molar-refractivity contribution in [3.63, 3.8) is 0 Å². The van der Waals surface area contributed by atoms with Crippen molar-refractivity contribution in [2.24, 2.45) is 0 Å². The topological polar surface area (TPSA) is 69.7 Å². The molecule has 1 amide bonds. The van der Waals surface area contributed by atoms with Crippen molar-refractivity contribution in [1.82, 2.24) is 4.98 Å². The molecule has 0 spiro atoms. The lowest BCUT2D eigenvalue weighted by Gasteiger charge is -2.12. The summed E-state index contributed by atoms with van der Waals surface area (Å²) in [6, 6.07) is 9.54. The number of carbonyl (C=O) groups excluding carboxylic acids is 1. The van der Waals surface area contributed by atoms with Crippen LogP contribution in [0.4, 0.5) is 5.13 Å². The smallest absolute Gasteiger partial charge is 0.250 e. The van der Waals surface area contributed by atoms with Gasteiger partial charge >= 0.3 is 0 Å². The van der Waals surface area contributed by atoms with E-state index in [1.807, 2.05) is 24.5 Å². The summed E-state index contributed by atoms with van der Waals surface area (Å²) >= 11 is 3.08. The maximum Gasteiger partial charge on any atom is 0.250 e. The van der Waals surface area contributed by atoms with Gasteiger partial charge in [0.15, 0.2) is 16.6 Å². The van der Waals surface area contributed by atoms with Gasteiger partial charge in [-0.05, 0) is 42.2 Å². The highest BCUT2D eigenvalue weighted by Crippen LogP contribution is 2.38. The summed E-state index contributed by atoms with van der Waals surface area (Å²) in [5.41, 5.74) is 1.66. The molecule has 28 heavy (non-hydrogen) atoms. The average molecular weight is 417 g/mol. The molecule has 0 saturated carbocycles. The number of thiazole rings is 1. The molecular formula is C20H20N2O4S2. The van der Waals surface area contributed by atoms with Crippen molar-refractivity contribution in [3.05, 3.63) is 42.0 Å². The van der Waals surface area contributed by atoms with Crippen molar-refractivity contribution in [3.8, 4) is 17.2 Å². The molecule has 0 aliphatic carbocycles. The van der Waals surface area contributed by atoms with Crippen molar-refractivity contribution >= 4 is 50.4 Å². The Labute approximate surface area is 171 Å². The maximum atomic E-state index is 12.3. The van der Waals surface area contributed by atoms with Crippen LogP contribution < -0.4 is 19.5 Å². The molecule has 0 aliphatic heterocycles. The number of thioether (sulfide) groups is 1. The van der Waals surface area contributed by atoms with Gasteiger partial charge in [0.25, 0.3) is 0 Å². The van der Waals surface area contributed by atoms with Crippen LogP contribution >= 0.6 is 23.1 Å². The van der Waals surface area contributed by atoms with Gasteiger partial charge < -0.3 is 14.2 Å².